The van der Waals surface area contributed by atoms with Gasteiger partial charge in [-0.1, -0.05) is 50.2 Å². The fraction of sp³-hybridized carbons (Fsp3) is 0.375. The van der Waals surface area contributed by atoms with Gasteiger partial charge in [-0.05, 0) is 54.2 Å². The van der Waals surface area contributed by atoms with Crippen LogP contribution < -0.4 is 4.90 Å². The topological polar surface area (TPSA) is 23.6 Å². The summed E-state index contributed by atoms with van der Waals surface area (Å²) >= 11 is 0. The molecule has 3 rings (SSSR count). The summed E-state index contributed by atoms with van der Waals surface area (Å²) in [5.74, 6) is 0.626. The number of hydrogen-bond donors (Lipinski definition) is 0. The third kappa shape index (κ3) is 4.60. The molecular formula is C24H30N2O. The van der Waals surface area contributed by atoms with E-state index in [1.54, 1.807) is 6.08 Å². The fourth-order valence-electron chi connectivity index (χ4n) is 3.51. The zero-order valence-corrected chi connectivity index (χ0v) is 16.9. The number of piperazine rings is 1. The molecule has 0 unspecified atom stereocenters. The quantitative estimate of drug-likeness (QED) is 0.730. The molecule has 3 nitrogen and oxygen atoms in total. The van der Waals surface area contributed by atoms with Gasteiger partial charge in [0.25, 0.3) is 0 Å². The molecule has 1 amide bonds. The van der Waals surface area contributed by atoms with Gasteiger partial charge >= 0.3 is 0 Å². The molecule has 1 aliphatic rings. The van der Waals surface area contributed by atoms with Crippen molar-refractivity contribution in [2.75, 3.05) is 31.1 Å². The van der Waals surface area contributed by atoms with Gasteiger partial charge in [0.1, 0.15) is 0 Å². The molecule has 0 saturated carbocycles. The minimum Gasteiger partial charge on any atom is -0.368 e. The predicted molar refractivity (Wildman–Crippen MR) is 114 cm³/mol. The lowest BCUT2D eigenvalue weighted by Gasteiger charge is -2.36. The smallest absolute Gasteiger partial charge is 0.246 e. The Morgan fingerprint density at radius 1 is 0.963 bits per heavy atom. The molecule has 0 N–H and O–H groups in total. The van der Waals surface area contributed by atoms with E-state index in [2.05, 4.69) is 75.1 Å². The van der Waals surface area contributed by atoms with Crippen LogP contribution in [-0.4, -0.2) is 37.0 Å². The first-order valence-corrected chi connectivity index (χ1v) is 9.84. The van der Waals surface area contributed by atoms with Crippen LogP contribution in [0.3, 0.4) is 0 Å². The zero-order chi connectivity index (χ0) is 19.4. The highest BCUT2D eigenvalue weighted by Crippen LogP contribution is 2.24. The van der Waals surface area contributed by atoms with Crippen LogP contribution in [0, 0.1) is 13.8 Å². The molecule has 1 heterocycles. The molecular weight excluding hydrogens is 332 g/mol. The second-order valence-corrected chi connectivity index (χ2v) is 7.69. The molecule has 142 valence electrons. The van der Waals surface area contributed by atoms with Gasteiger partial charge in [0, 0.05) is 37.9 Å². The van der Waals surface area contributed by atoms with E-state index in [4.69, 9.17) is 0 Å². The van der Waals surface area contributed by atoms with Gasteiger partial charge in [-0.15, -0.1) is 0 Å². The van der Waals surface area contributed by atoms with E-state index in [0.29, 0.717) is 5.92 Å². The van der Waals surface area contributed by atoms with E-state index in [1.165, 1.54) is 22.4 Å². The molecule has 2 aromatic carbocycles. The average molecular weight is 363 g/mol. The number of aryl methyl sites for hydroxylation is 1. The Morgan fingerprint density at radius 3 is 2.26 bits per heavy atom. The highest BCUT2D eigenvalue weighted by molar-refractivity contribution is 5.92. The van der Waals surface area contributed by atoms with E-state index in [9.17, 15) is 4.79 Å². The van der Waals surface area contributed by atoms with Crippen LogP contribution in [0.25, 0.3) is 6.08 Å². The molecule has 0 spiro atoms. The van der Waals surface area contributed by atoms with Gasteiger partial charge in [0.2, 0.25) is 5.91 Å². The number of hydrogen-bond acceptors (Lipinski definition) is 2. The van der Waals surface area contributed by atoms with E-state index in [1.807, 2.05) is 11.0 Å². The molecule has 0 aromatic heterocycles. The zero-order valence-electron chi connectivity index (χ0n) is 16.9. The summed E-state index contributed by atoms with van der Waals surface area (Å²) in [6.45, 7) is 12.0. The first-order valence-electron chi connectivity index (χ1n) is 9.84. The molecule has 0 radical (unpaired) electrons. The van der Waals surface area contributed by atoms with Crippen molar-refractivity contribution in [3.8, 4) is 0 Å². The van der Waals surface area contributed by atoms with E-state index >= 15 is 0 Å². The lowest BCUT2D eigenvalue weighted by Crippen LogP contribution is -2.48. The van der Waals surface area contributed by atoms with E-state index in [-0.39, 0.29) is 5.91 Å². The summed E-state index contributed by atoms with van der Waals surface area (Å²) < 4.78 is 0. The molecule has 27 heavy (non-hydrogen) atoms. The molecule has 1 fully saturated rings. The summed E-state index contributed by atoms with van der Waals surface area (Å²) in [6.07, 6.45) is 3.63. The maximum absolute atomic E-state index is 12.5. The molecule has 0 bridgehead atoms. The predicted octanol–water partition coefficient (Wildman–Crippen LogP) is 4.79. The van der Waals surface area contributed by atoms with Crippen LogP contribution in [0.5, 0.6) is 0 Å². The van der Waals surface area contributed by atoms with Crippen LogP contribution >= 0.6 is 0 Å². The van der Waals surface area contributed by atoms with Crippen molar-refractivity contribution >= 4 is 17.7 Å². The van der Waals surface area contributed by atoms with Gasteiger partial charge in [-0.25, -0.2) is 0 Å². The molecule has 1 aliphatic heterocycles. The summed E-state index contributed by atoms with van der Waals surface area (Å²) in [6, 6.07) is 14.9. The Bertz CT molecular complexity index is 813. The highest BCUT2D eigenvalue weighted by Gasteiger charge is 2.20. The third-order valence-electron chi connectivity index (χ3n) is 5.53. The second-order valence-electron chi connectivity index (χ2n) is 7.69. The van der Waals surface area contributed by atoms with Crippen molar-refractivity contribution in [3.05, 3.63) is 70.8 Å². The van der Waals surface area contributed by atoms with Crippen molar-refractivity contribution in [1.29, 1.82) is 0 Å². The van der Waals surface area contributed by atoms with Crippen molar-refractivity contribution in [3.63, 3.8) is 0 Å². The van der Waals surface area contributed by atoms with Gasteiger partial charge in [0.05, 0.1) is 0 Å². The Morgan fingerprint density at radius 2 is 1.63 bits per heavy atom. The summed E-state index contributed by atoms with van der Waals surface area (Å²) in [4.78, 5) is 16.9. The molecule has 0 atom stereocenters. The lowest BCUT2D eigenvalue weighted by molar-refractivity contribution is -0.126. The largest absolute Gasteiger partial charge is 0.368 e. The second kappa shape index (κ2) is 8.43. The number of carbonyl (C=O) groups is 1. The van der Waals surface area contributed by atoms with Crippen LogP contribution in [-0.2, 0) is 4.79 Å². The number of carbonyl (C=O) groups excluding carboxylic acids is 1. The first kappa shape index (κ1) is 19.2. The number of amides is 1. The van der Waals surface area contributed by atoms with Crippen molar-refractivity contribution in [2.45, 2.75) is 33.6 Å². The third-order valence-corrected chi connectivity index (χ3v) is 5.53. The summed E-state index contributed by atoms with van der Waals surface area (Å²) in [5.41, 5.74) is 6.34. The van der Waals surface area contributed by atoms with Gasteiger partial charge < -0.3 is 9.80 Å². The Balaban J connectivity index is 1.57. The number of nitrogens with zero attached hydrogens (tertiary/aromatic N) is 2. The SMILES string of the molecule is Cc1cccc(N2CCN(C(=O)C=Cc3ccc(C(C)C)cc3)CC2)c1C. The number of benzene rings is 2. The number of anilines is 1. The highest BCUT2D eigenvalue weighted by atomic mass is 16.2. The monoisotopic (exact) mass is 362 g/mol. The summed E-state index contributed by atoms with van der Waals surface area (Å²) in [7, 11) is 0. The Kier molecular flexibility index (Phi) is 6.00. The Labute approximate surface area is 163 Å². The van der Waals surface area contributed by atoms with Gasteiger partial charge in [0.15, 0.2) is 0 Å². The molecule has 1 saturated heterocycles. The van der Waals surface area contributed by atoms with Crippen LogP contribution in [0.2, 0.25) is 0 Å². The maximum atomic E-state index is 12.5. The normalized spacial score (nSPS) is 15.0. The average Bonchev–Trinajstić information content (AvgIpc) is 2.68. The van der Waals surface area contributed by atoms with Crippen LogP contribution in [0.1, 0.15) is 42.0 Å². The maximum Gasteiger partial charge on any atom is 0.246 e. The fourth-order valence-corrected chi connectivity index (χ4v) is 3.51. The molecule has 3 heteroatoms. The Hall–Kier alpha value is -2.55. The molecule has 2 aromatic rings. The van der Waals surface area contributed by atoms with E-state index < -0.39 is 0 Å². The standard InChI is InChI=1S/C24H30N2O/c1-18(2)22-11-8-21(9-12-22)10-13-24(27)26-16-14-25(15-17-26)23-7-5-6-19(3)20(23)4/h5-13,18H,14-17H2,1-4H3. The van der Waals surface area contributed by atoms with Crippen molar-refractivity contribution < 1.29 is 4.79 Å². The number of rotatable bonds is 4. The van der Waals surface area contributed by atoms with Crippen LogP contribution in [0.4, 0.5) is 5.69 Å². The summed E-state index contributed by atoms with van der Waals surface area (Å²) in [5, 5.41) is 0. The van der Waals surface area contributed by atoms with E-state index in [0.717, 1.165) is 31.7 Å². The van der Waals surface area contributed by atoms with Crippen LogP contribution in [0.15, 0.2) is 48.5 Å². The van der Waals surface area contributed by atoms with Crippen molar-refractivity contribution in [2.24, 2.45) is 0 Å². The lowest BCUT2D eigenvalue weighted by atomic mass is 10.0. The minimum absolute atomic E-state index is 0.101. The van der Waals surface area contributed by atoms with Crippen molar-refractivity contribution in [1.82, 2.24) is 4.90 Å². The van der Waals surface area contributed by atoms with Gasteiger partial charge in [-0.3, -0.25) is 4.79 Å². The first-order chi connectivity index (χ1) is 13.0. The molecule has 0 aliphatic carbocycles. The van der Waals surface area contributed by atoms with Gasteiger partial charge in [-0.2, -0.15) is 0 Å². The minimum atomic E-state index is 0.101.